The fraction of sp³-hybridized carbons (Fsp3) is 0.714. The Morgan fingerprint density at radius 2 is 1.90 bits per heavy atom. The number of piperidine rings is 2. The highest BCUT2D eigenvalue weighted by Crippen LogP contribution is 2.38. The van der Waals surface area contributed by atoms with Gasteiger partial charge in [-0.25, -0.2) is 4.68 Å². The summed E-state index contributed by atoms with van der Waals surface area (Å²) in [4.78, 5) is 17.3. The molecule has 3 fully saturated rings. The largest absolute Gasteiger partial charge is 0.360 e. The first-order valence-electron chi connectivity index (χ1n) is 11.5. The van der Waals surface area contributed by atoms with Gasteiger partial charge in [-0.1, -0.05) is 5.16 Å². The Morgan fingerprint density at radius 1 is 1.16 bits per heavy atom. The second-order valence-electron chi connectivity index (χ2n) is 9.08. The lowest BCUT2D eigenvalue weighted by atomic mass is 9.96. The van der Waals surface area contributed by atoms with Crippen LogP contribution in [0.25, 0.3) is 0 Å². The first-order chi connectivity index (χ1) is 15.1. The molecule has 1 amide bonds. The molecule has 0 radical (unpaired) electrons. The molecule has 2 aliphatic heterocycles. The van der Waals surface area contributed by atoms with Gasteiger partial charge < -0.3 is 14.7 Å². The lowest BCUT2D eigenvalue weighted by Gasteiger charge is -2.30. The molecule has 168 valence electrons. The highest BCUT2D eigenvalue weighted by atomic mass is 32.1. The molecule has 0 spiro atoms. The first kappa shape index (κ1) is 20.7. The lowest BCUT2D eigenvalue weighted by Crippen LogP contribution is -2.39. The topological polar surface area (TPSA) is 84.4 Å². The van der Waals surface area contributed by atoms with Crippen LogP contribution >= 0.6 is 12.2 Å². The van der Waals surface area contributed by atoms with Crippen molar-refractivity contribution in [3.63, 3.8) is 0 Å². The van der Waals surface area contributed by atoms with Gasteiger partial charge in [0.1, 0.15) is 5.76 Å². The van der Waals surface area contributed by atoms with E-state index in [1.54, 1.807) is 6.07 Å². The van der Waals surface area contributed by atoms with Crippen LogP contribution in [0.4, 0.5) is 11.8 Å². The summed E-state index contributed by atoms with van der Waals surface area (Å²) < 4.78 is 10.2. The van der Waals surface area contributed by atoms with Crippen LogP contribution in [0.5, 0.6) is 0 Å². The number of amides is 1. The number of aryl methyl sites for hydroxylation is 1. The van der Waals surface area contributed by atoms with E-state index in [2.05, 4.69) is 24.8 Å². The van der Waals surface area contributed by atoms with E-state index in [-0.39, 0.29) is 11.8 Å². The number of carbonyl (C=O) groups excluding carboxylic acids is 1. The molecule has 4 heterocycles. The Hall–Kier alpha value is -2.20. The normalized spacial score (nSPS) is 20.9. The zero-order valence-corrected chi connectivity index (χ0v) is 18.9. The summed E-state index contributed by atoms with van der Waals surface area (Å²) in [5, 5.41) is 11.7. The van der Waals surface area contributed by atoms with Gasteiger partial charge in [-0.05, 0) is 64.1 Å². The zero-order valence-electron chi connectivity index (χ0n) is 18.1. The zero-order chi connectivity index (χ0) is 21.4. The molecule has 0 atom stereocenters. The molecule has 0 unspecified atom stereocenters. The molecule has 1 aliphatic carbocycles. The maximum absolute atomic E-state index is 12.5. The Labute approximate surface area is 187 Å². The number of nitrogens with zero attached hydrogens (tertiary/aromatic N) is 6. The van der Waals surface area contributed by atoms with Crippen LogP contribution in [-0.2, 0) is 11.5 Å². The van der Waals surface area contributed by atoms with Crippen molar-refractivity contribution in [1.82, 2.24) is 24.4 Å². The smallest absolute Gasteiger partial charge is 0.228 e. The Balaban J connectivity index is 1.21. The molecule has 0 bridgehead atoms. The molecule has 1 N–H and O–H groups in total. The Bertz CT molecular complexity index is 978. The van der Waals surface area contributed by atoms with Crippen molar-refractivity contribution in [3.05, 3.63) is 16.6 Å². The van der Waals surface area contributed by atoms with E-state index in [1.807, 2.05) is 11.6 Å². The summed E-state index contributed by atoms with van der Waals surface area (Å²) in [5.41, 5.74) is 0. The van der Waals surface area contributed by atoms with E-state index in [1.165, 1.54) is 32.1 Å². The first-order valence-corrected chi connectivity index (χ1v) is 11.9. The number of likely N-dealkylation sites (tertiary alicyclic amines) is 1. The highest BCUT2D eigenvalue weighted by Gasteiger charge is 2.32. The van der Waals surface area contributed by atoms with E-state index in [9.17, 15) is 4.79 Å². The number of nitrogens with one attached hydrogen (secondary N) is 1. The van der Waals surface area contributed by atoms with Gasteiger partial charge in [0.15, 0.2) is 5.82 Å². The highest BCUT2D eigenvalue weighted by molar-refractivity contribution is 7.71. The summed E-state index contributed by atoms with van der Waals surface area (Å²) >= 11 is 5.84. The molecule has 2 aromatic heterocycles. The summed E-state index contributed by atoms with van der Waals surface area (Å²) in [6, 6.07) is 2.26. The van der Waals surface area contributed by atoms with Crippen LogP contribution < -0.4 is 10.2 Å². The van der Waals surface area contributed by atoms with Gasteiger partial charge in [-0.2, -0.15) is 0 Å². The minimum Gasteiger partial charge on any atom is -0.360 e. The quantitative estimate of drug-likeness (QED) is 0.683. The molecule has 5 rings (SSSR count). The number of anilines is 2. The molecule has 2 saturated heterocycles. The van der Waals surface area contributed by atoms with Crippen molar-refractivity contribution in [2.75, 3.05) is 36.4 Å². The third-order valence-corrected chi connectivity index (χ3v) is 6.98. The maximum Gasteiger partial charge on any atom is 0.228 e. The van der Waals surface area contributed by atoms with Gasteiger partial charge in [0.25, 0.3) is 0 Å². The Morgan fingerprint density at radius 3 is 2.55 bits per heavy atom. The third kappa shape index (κ3) is 4.55. The van der Waals surface area contributed by atoms with Gasteiger partial charge in [0.05, 0.1) is 6.67 Å². The molecule has 3 aliphatic rings. The van der Waals surface area contributed by atoms with E-state index in [0.29, 0.717) is 24.3 Å². The van der Waals surface area contributed by atoms with E-state index in [0.717, 1.165) is 49.7 Å². The van der Waals surface area contributed by atoms with E-state index >= 15 is 0 Å². The SMILES string of the molecule is Cc1cc(NC(=O)C2CCN(Cn3nc(N4CCCCC4)n(C4CC4)c3=S)CC2)no1. The molecular weight excluding hydrogens is 414 g/mol. The predicted molar refractivity (Wildman–Crippen MR) is 120 cm³/mol. The van der Waals surface area contributed by atoms with Crippen molar-refractivity contribution in [1.29, 1.82) is 0 Å². The van der Waals surface area contributed by atoms with E-state index in [4.69, 9.17) is 21.8 Å². The number of hydrogen-bond donors (Lipinski definition) is 1. The third-order valence-electron chi connectivity index (χ3n) is 6.58. The summed E-state index contributed by atoms with van der Waals surface area (Å²) in [6.45, 7) is 6.36. The van der Waals surface area contributed by atoms with Gasteiger partial charge >= 0.3 is 0 Å². The van der Waals surface area contributed by atoms with Crippen molar-refractivity contribution < 1.29 is 9.32 Å². The second-order valence-corrected chi connectivity index (χ2v) is 9.44. The number of hydrogen-bond acceptors (Lipinski definition) is 7. The fourth-order valence-electron chi connectivity index (χ4n) is 4.64. The van der Waals surface area contributed by atoms with Crippen molar-refractivity contribution in [2.45, 2.75) is 64.6 Å². The summed E-state index contributed by atoms with van der Waals surface area (Å²) in [5.74, 6) is 2.26. The molecule has 9 nitrogen and oxygen atoms in total. The van der Waals surface area contributed by atoms with Crippen LogP contribution in [0.15, 0.2) is 10.6 Å². The molecule has 0 aromatic carbocycles. The summed E-state index contributed by atoms with van der Waals surface area (Å²) in [7, 11) is 0. The molecule has 1 saturated carbocycles. The molecule has 2 aromatic rings. The van der Waals surface area contributed by atoms with Crippen LogP contribution in [0.3, 0.4) is 0 Å². The minimum absolute atomic E-state index is 0.00541. The molecular formula is C21H31N7O2S. The standard InChI is InChI=1S/C21H31N7O2S/c1-15-13-18(24-30-15)22-19(29)16-7-11-25(12-8-16)14-27-21(31)28(17-5-6-17)20(23-27)26-9-3-2-4-10-26/h13,16-17H,2-12,14H2,1H3,(H,22,24,29). The Kier molecular flexibility index (Phi) is 5.83. The maximum atomic E-state index is 12.5. The minimum atomic E-state index is -0.00541. The van der Waals surface area contributed by atoms with Crippen molar-refractivity contribution in [3.8, 4) is 0 Å². The summed E-state index contributed by atoms with van der Waals surface area (Å²) in [6.07, 6.45) is 7.80. The molecule has 31 heavy (non-hydrogen) atoms. The second kappa shape index (κ2) is 8.74. The predicted octanol–water partition coefficient (Wildman–Crippen LogP) is 3.34. The van der Waals surface area contributed by atoms with Gasteiger partial charge in [0, 0.05) is 44.2 Å². The van der Waals surface area contributed by atoms with Crippen molar-refractivity contribution in [2.24, 2.45) is 5.92 Å². The number of carbonyl (C=O) groups is 1. The number of rotatable bonds is 6. The fourth-order valence-corrected chi connectivity index (χ4v) is 4.97. The van der Waals surface area contributed by atoms with Crippen molar-refractivity contribution >= 4 is 29.9 Å². The van der Waals surface area contributed by atoms with Crippen LogP contribution in [0.2, 0.25) is 0 Å². The monoisotopic (exact) mass is 445 g/mol. The number of aromatic nitrogens is 4. The molecule has 10 heteroatoms. The van der Waals surface area contributed by atoms with E-state index < -0.39 is 0 Å². The average Bonchev–Trinajstić information content (AvgIpc) is 3.46. The average molecular weight is 446 g/mol. The van der Waals surface area contributed by atoms with Gasteiger partial charge in [-0.15, -0.1) is 5.10 Å². The van der Waals surface area contributed by atoms with Gasteiger partial charge in [0.2, 0.25) is 16.6 Å². The van der Waals surface area contributed by atoms with Crippen LogP contribution in [0.1, 0.15) is 56.7 Å². The lowest BCUT2D eigenvalue weighted by molar-refractivity contribution is -0.121. The van der Waals surface area contributed by atoms with Crippen LogP contribution in [-0.4, -0.2) is 56.5 Å². The van der Waals surface area contributed by atoms with Gasteiger partial charge in [-0.3, -0.25) is 14.3 Å². The van der Waals surface area contributed by atoms with Crippen LogP contribution in [0, 0.1) is 17.6 Å².